The van der Waals surface area contributed by atoms with E-state index >= 15 is 0 Å². The molecule has 1 N–H and O–H groups in total. The normalized spacial score (nSPS) is 11.7. The molecule has 0 radical (unpaired) electrons. The number of amides is 1. The summed E-state index contributed by atoms with van der Waals surface area (Å²) in [4.78, 5) is 24.3. The van der Waals surface area contributed by atoms with E-state index in [1.807, 2.05) is 32.0 Å². The number of hydrogen-bond acceptors (Lipinski definition) is 3. The molecule has 0 aliphatic rings. The second-order valence-corrected chi connectivity index (χ2v) is 6.63. The number of rotatable bonds is 5. The average molecular weight is 380 g/mol. The Morgan fingerprint density at radius 2 is 1.72 bits per heavy atom. The third-order valence-corrected chi connectivity index (χ3v) is 4.48. The standard InChI is InChI=1S/C19H19Cl2NO3/c1-11-5-4-6-12(2)18(11)22-19(24)13(3)25-17(23)10-14-7-8-15(20)16(21)9-14/h4-9,13H,10H2,1-3H3,(H,22,24). The lowest BCUT2D eigenvalue weighted by Gasteiger charge is -2.16. The number of halogens is 2. The molecule has 132 valence electrons. The number of aryl methyl sites for hydroxylation is 2. The smallest absolute Gasteiger partial charge is 0.311 e. The Morgan fingerprint density at radius 1 is 1.08 bits per heavy atom. The van der Waals surface area contributed by atoms with Crippen molar-refractivity contribution in [3.63, 3.8) is 0 Å². The molecule has 0 heterocycles. The fourth-order valence-electron chi connectivity index (χ4n) is 2.35. The number of hydrogen-bond donors (Lipinski definition) is 1. The summed E-state index contributed by atoms with van der Waals surface area (Å²) in [6.45, 7) is 5.35. The molecular weight excluding hydrogens is 361 g/mol. The zero-order chi connectivity index (χ0) is 18.6. The molecule has 0 aromatic heterocycles. The summed E-state index contributed by atoms with van der Waals surface area (Å²) in [5.41, 5.74) is 3.30. The summed E-state index contributed by atoms with van der Waals surface area (Å²) in [6, 6.07) is 10.6. The highest BCUT2D eigenvalue weighted by molar-refractivity contribution is 6.42. The van der Waals surface area contributed by atoms with Crippen LogP contribution in [0.15, 0.2) is 36.4 Å². The minimum absolute atomic E-state index is 0.0118. The highest BCUT2D eigenvalue weighted by Gasteiger charge is 2.19. The first kappa shape index (κ1) is 19.3. The van der Waals surface area contributed by atoms with Gasteiger partial charge in [-0.05, 0) is 49.6 Å². The number of esters is 1. The number of anilines is 1. The van der Waals surface area contributed by atoms with Crippen molar-refractivity contribution in [3.8, 4) is 0 Å². The van der Waals surface area contributed by atoms with Crippen LogP contribution < -0.4 is 5.32 Å². The van der Waals surface area contributed by atoms with Crippen molar-refractivity contribution in [3.05, 3.63) is 63.1 Å². The van der Waals surface area contributed by atoms with Crippen LogP contribution >= 0.6 is 23.2 Å². The molecule has 4 nitrogen and oxygen atoms in total. The Kier molecular flexibility index (Phi) is 6.45. The summed E-state index contributed by atoms with van der Waals surface area (Å²) in [7, 11) is 0. The predicted octanol–water partition coefficient (Wildman–Crippen LogP) is 4.72. The third-order valence-electron chi connectivity index (χ3n) is 3.74. The van der Waals surface area contributed by atoms with E-state index in [9.17, 15) is 9.59 Å². The summed E-state index contributed by atoms with van der Waals surface area (Å²) in [5.74, 6) is -0.887. The Morgan fingerprint density at radius 3 is 2.32 bits per heavy atom. The first-order valence-electron chi connectivity index (χ1n) is 7.78. The molecule has 0 aliphatic carbocycles. The van der Waals surface area contributed by atoms with Crippen molar-refractivity contribution < 1.29 is 14.3 Å². The molecule has 0 saturated heterocycles. The number of carbonyl (C=O) groups is 2. The molecule has 2 aromatic rings. The van der Waals surface area contributed by atoms with Crippen molar-refractivity contribution in [1.29, 1.82) is 0 Å². The van der Waals surface area contributed by atoms with E-state index in [1.165, 1.54) is 6.92 Å². The van der Waals surface area contributed by atoms with Crippen LogP contribution in [0.2, 0.25) is 10.0 Å². The van der Waals surface area contributed by atoms with Gasteiger partial charge in [0.1, 0.15) is 0 Å². The van der Waals surface area contributed by atoms with E-state index in [1.54, 1.807) is 18.2 Å². The topological polar surface area (TPSA) is 55.4 Å². The second kappa shape index (κ2) is 8.37. The molecule has 1 amide bonds. The van der Waals surface area contributed by atoms with E-state index in [-0.39, 0.29) is 12.3 Å². The van der Waals surface area contributed by atoms with Gasteiger partial charge in [0.15, 0.2) is 6.10 Å². The lowest BCUT2D eigenvalue weighted by Crippen LogP contribution is -2.31. The van der Waals surface area contributed by atoms with Gasteiger partial charge in [-0.2, -0.15) is 0 Å². The molecule has 2 aromatic carbocycles. The van der Waals surface area contributed by atoms with Gasteiger partial charge in [0.2, 0.25) is 0 Å². The van der Waals surface area contributed by atoms with Crippen molar-refractivity contribution >= 4 is 40.8 Å². The summed E-state index contributed by atoms with van der Waals surface area (Å²) < 4.78 is 5.21. The largest absolute Gasteiger partial charge is 0.452 e. The van der Waals surface area contributed by atoms with Crippen LogP contribution in [0, 0.1) is 13.8 Å². The van der Waals surface area contributed by atoms with Gasteiger partial charge >= 0.3 is 5.97 Å². The van der Waals surface area contributed by atoms with Crippen molar-refractivity contribution in [2.75, 3.05) is 5.32 Å². The Bertz CT molecular complexity index is 785. The van der Waals surface area contributed by atoms with E-state index in [2.05, 4.69) is 5.32 Å². The molecule has 0 bridgehead atoms. The number of benzene rings is 2. The van der Waals surface area contributed by atoms with Crippen LogP contribution in [0.25, 0.3) is 0 Å². The summed E-state index contributed by atoms with van der Waals surface area (Å²) >= 11 is 11.8. The minimum Gasteiger partial charge on any atom is -0.452 e. The van der Waals surface area contributed by atoms with Gasteiger partial charge in [0.25, 0.3) is 5.91 Å². The van der Waals surface area contributed by atoms with E-state index in [4.69, 9.17) is 27.9 Å². The predicted molar refractivity (Wildman–Crippen MR) is 100 cm³/mol. The van der Waals surface area contributed by atoms with Crippen LogP contribution in [0.4, 0.5) is 5.69 Å². The number of para-hydroxylation sites is 1. The third kappa shape index (κ3) is 5.21. The molecule has 0 spiro atoms. The lowest BCUT2D eigenvalue weighted by atomic mass is 10.1. The van der Waals surface area contributed by atoms with Crippen LogP contribution in [-0.2, 0) is 20.7 Å². The zero-order valence-electron chi connectivity index (χ0n) is 14.2. The van der Waals surface area contributed by atoms with Crippen LogP contribution in [0.3, 0.4) is 0 Å². The Labute approximate surface area is 157 Å². The molecule has 0 fully saturated rings. The molecule has 1 unspecified atom stereocenters. The Balaban J connectivity index is 1.96. The first-order chi connectivity index (χ1) is 11.8. The maximum absolute atomic E-state index is 12.3. The molecule has 0 saturated carbocycles. The van der Waals surface area contributed by atoms with Crippen LogP contribution in [-0.4, -0.2) is 18.0 Å². The molecular formula is C19H19Cl2NO3. The SMILES string of the molecule is Cc1cccc(C)c1NC(=O)C(C)OC(=O)Cc1ccc(Cl)c(Cl)c1. The van der Waals surface area contributed by atoms with Gasteiger partial charge in [0, 0.05) is 5.69 Å². The van der Waals surface area contributed by atoms with Gasteiger partial charge in [-0.1, -0.05) is 47.5 Å². The second-order valence-electron chi connectivity index (χ2n) is 5.81. The van der Waals surface area contributed by atoms with Gasteiger partial charge in [-0.3, -0.25) is 9.59 Å². The van der Waals surface area contributed by atoms with Gasteiger partial charge in [-0.15, -0.1) is 0 Å². The first-order valence-corrected chi connectivity index (χ1v) is 8.54. The molecule has 25 heavy (non-hydrogen) atoms. The molecule has 0 aliphatic heterocycles. The average Bonchev–Trinajstić information content (AvgIpc) is 2.54. The molecule has 6 heteroatoms. The van der Waals surface area contributed by atoms with Crippen LogP contribution in [0.5, 0.6) is 0 Å². The maximum Gasteiger partial charge on any atom is 0.311 e. The van der Waals surface area contributed by atoms with Crippen molar-refractivity contribution in [2.24, 2.45) is 0 Å². The fraction of sp³-hybridized carbons (Fsp3) is 0.263. The number of nitrogens with one attached hydrogen (secondary N) is 1. The van der Waals surface area contributed by atoms with Crippen molar-refractivity contribution in [1.82, 2.24) is 0 Å². The summed E-state index contributed by atoms with van der Waals surface area (Å²) in [5, 5.41) is 3.59. The fourth-order valence-corrected chi connectivity index (χ4v) is 2.67. The quantitative estimate of drug-likeness (QED) is 0.764. The maximum atomic E-state index is 12.3. The number of carbonyl (C=O) groups excluding carboxylic acids is 2. The minimum atomic E-state index is -0.908. The van der Waals surface area contributed by atoms with Crippen LogP contribution in [0.1, 0.15) is 23.6 Å². The van der Waals surface area contributed by atoms with Gasteiger partial charge in [-0.25, -0.2) is 0 Å². The van der Waals surface area contributed by atoms with Gasteiger partial charge in [0.05, 0.1) is 16.5 Å². The highest BCUT2D eigenvalue weighted by atomic mass is 35.5. The monoisotopic (exact) mass is 379 g/mol. The van der Waals surface area contributed by atoms with Gasteiger partial charge < -0.3 is 10.1 Å². The van der Waals surface area contributed by atoms with Crippen molar-refractivity contribution in [2.45, 2.75) is 33.3 Å². The lowest BCUT2D eigenvalue weighted by molar-refractivity contribution is -0.152. The molecule has 1 atom stereocenters. The zero-order valence-corrected chi connectivity index (χ0v) is 15.7. The van der Waals surface area contributed by atoms with E-state index < -0.39 is 12.1 Å². The summed E-state index contributed by atoms with van der Waals surface area (Å²) in [6.07, 6.45) is -0.896. The van der Waals surface area contributed by atoms with E-state index in [0.29, 0.717) is 15.6 Å². The molecule has 2 rings (SSSR count). The highest BCUT2D eigenvalue weighted by Crippen LogP contribution is 2.23. The Hall–Kier alpha value is -2.04. The number of ether oxygens (including phenoxy) is 1. The van der Waals surface area contributed by atoms with E-state index in [0.717, 1.165) is 16.8 Å².